The van der Waals surface area contributed by atoms with Gasteiger partial charge < -0.3 is 10.0 Å². The Labute approximate surface area is 225 Å². The van der Waals surface area contributed by atoms with Gasteiger partial charge in [0, 0.05) is 18.0 Å². The summed E-state index contributed by atoms with van der Waals surface area (Å²) in [6.07, 6.45) is 5.46. The second-order valence-electron chi connectivity index (χ2n) is 10.7. The Hall–Kier alpha value is -2.12. The second-order valence-corrected chi connectivity index (χ2v) is 13.7. The molecule has 36 heavy (non-hydrogen) atoms. The van der Waals surface area contributed by atoms with Crippen LogP contribution in [0.15, 0.2) is 24.4 Å². The number of phenolic OH excluding ortho intramolecular Hbond substituents is 1. The molecule has 192 valence electrons. The summed E-state index contributed by atoms with van der Waals surface area (Å²) < 4.78 is 14.5. The molecule has 0 saturated heterocycles. The zero-order valence-corrected chi connectivity index (χ0v) is 22.9. The molecule has 3 aromatic rings. The molecule has 2 fully saturated rings. The monoisotopic (exact) mass is 548 g/mol. The Kier molecular flexibility index (Phi) is 6.39. The van der Waals surface area contributed by atoms with Gasteiger partial charge in [-0.3, -0.25) is 0 Å². The molecule has 2 saturated carbocycles. The largest absolute Gasteiger partial charge is 0.507 e. The van der Waals surface area contributed by atoms with Crippen LogP contribution in [0.2, 0.25) is 0 Å². The number of halogens is 1. The highest BCUT2D eigenvalue weighted by atomic mass is 32.2. The average molecular weight is 549 g/mol. The van der Waals surface area contributed by atoms with E-state index in [1.165, 1.54) is 6.07 Å². The van der Waals surface area contributed by atoms with Crippen LogP contribution in [0.25, 0.3) is 22.8 Å². The summed E-state index contributed by atoms with van der Waals surface area (Å²) in [5, 5.41) is 31.2. The van der Waals surface area contributed by atoms with Crippen LogP contribution in [0.1, 0.15) is 46.0 Å². The Morgan fingerprint density at radius 2 is 1.92 bits per heavy atom. The van der Waals surface area contributed by atoms with Crippen molar-refractivity contribution in [2.75, 3.05) is 11.9 Å². The van der Waals surface area contributed by atoms with Crippen molar-refractivity contribution in [3.63, 3.8) is 0 Å². The maximum absolute atomic E-state index is 15.7. The van der Waals surface area contributed by atoms with Gasteiger partial charge in [0.15, 0.2) is 11.6 Å². The summed E-state index contributed by atoms with van der Waals surface area (Å²) in [4.78, 5) is 7.43. The lowest BCUT2D eigenvalue weighted by atomic mass is 9.54. The molecule has 1 aromatic carbocycles. The number of anilines is 1. The van der Waals surface area contributed by atoms with E-state index in [2.05, 4.69) is 82.3 Å². The van der Waals surface area contributed by atoms with Crippen molar-refractivity contribution in [1.29, 1.82) is 0 Å². The van der Waals surface area contributed by atoms with E-state index in [-0.39, 0.29) is 34.3 Å². The molecular weight excluding hydrogens is 520 g/mol. The number of nitrogens with zero attached hydrogens (tertiary/aromatic N) is 8. The van der Waals surface area contributed by atoms with E-state index in [1.54, 1.807) is 18.3 Å². The molecule has 5 rings (SSSR count). The van der Waals surface area contributed by atoms with Crippen molar-refractivity contribution in [2.45, 2.75) is 61.7 Å². The van der Waals surface area contributed by atoms with Gasteiger partial charge in [0.2, 0.25) is 9.36 Å². The zero-order valence-electron chi connectivity index (χ0n) is 20.2. The highest BCUT2D eigenvalue weighted by Crippen LogP contribution is 2.57. The maximum atomic E-state index is 15.7. The molecule has 1 N–H and O–H groups in total. The fourth-order valence-electron chi connectivity index (χ4n) is 5.93. The van der Waals surface area contributed by atoms with E-state index in [0.29, 0.717) is 16.9 Å². The summed E-state index contributed by atoms with van der Waals surface area (Å²) in [5.74, 6) is 0.966. The van der Waals surface area contributed by atoms with Gasteiger partial charge in [-0.2, -0.15) is 0 Å². The van der Waals surface area contributed by atoms with Gasteiger partial charge in [-0.05, 0) is 48.4 Å². The van der Waals surface area contributed by atoms with Crippen LogP contribution >= 0.6 is 37.9 Å². The molecule has 2 aliphatic carbocycles. The van der Waals surface area contributed by atoms with Gasteiger partial charge in [-0.15, -0.1) is 63.1 Å². The third-order valence-electron chi connectivity index (χ3n) is 7.65. The first-order chi connectivity index (χ1) is 16.9. The normalized spacial score (nSPS) is 28.2. The minimum Gasteiger partial charge on any atom is -0.507 e. The quantitative estimate of drug-likeness (QED) is 0.275. The van der Waals surface area contributed by atoms with Gasteiger partial charge in [-0.25, -0.2) is 9.37 Å². The summed E-state index contributed by atoms with van der Waals surface area (Å²) >= 11 is 12.5. The molecule has 0 aliphatic heterocycles. The van der Waals surface area contributed by atoms with Crippen LogP contribution in [0.3, 0.4) is 0 Å². The lowest BCUT2D eigenvalue weighted by Gasteiger charge is -2.55. The Balaban J connectivity index is 1.36. The van der Waals surface area contributed by atoms with Gasteiger partial charge in [0.25, 0.3) is 0 Å². The molecule has 0 radical (unpaired) electrons. The molecule has 2 bridgehead atoms. The molecule has 9 nitrogen and oxygen atoms in total. The van der Waals surface area contributed by atoms with Gasteiger partial charge >= 0.3 is 0 Å². The van der Waals surface area contributed by atoms with E-state index < -0.39 is 9.71 Å². The fraction of sp³-hybridized carbons (Fsp3) is 0.565. The molecule has 4 atom stereocenters. The minimum atomic E-state index is -1.21. The SMILES string of the molecule is CN(c1cnc(-c2ccc(-c3nnn(C(S)(S)S)n3)cc2O)nn1)[C@@H]1C[C@@]2(C)CCC[C@](C)(C2)[C@@H]1F. The highest BCUT2D eigenvalue weighted by molar-refractivity contribution is 8.15. The smallest absolute Gasteiger partial charge is 0.213 e. The predicted octanol–water partition coefficient (Wildman–Crippen LogP) is 4.39. The topological polar surface area (TPSA) is 106 Å². The zero-order chi connectivity index (χ0) is 25.9. The van der Waals surface area contributed by atoms with Gasteiger partial charge in [-0.1, -0.05) is 26.3 Å². The van der Waals surface area contributed by atoms with E-state index in [1.807, 2.05) is 11.9 Å². The number of aromatic nitrogens is 7. The highest BCUT2D eigenvalue weighted by Gasteiger charge is 2.54. The second kappa shape index (κ2) is 9.02. The number of rotatable bonds is 5. The first-order valence-electron chi connectivity index (χ1n) is 11.8. The molecule has 2 aliphatic rings. The number of hydrogen-bond donors (Lipinski definition) is 4. The summed E-state index contributed by atoms with van der Waals surface area (Å²) in [6.45, 7) is 4.36. The third kappa shape index (κ3) is 4.65. The average Bonchev–Trinajstić information content (AvgIpc) is 3.32. The number of benzene rings is 1. The van der Waals surface area contributed by atoms with Crippen LogP contribution in [0.5, 0.6) is 5.75 Å². The standard InChI is InChI=1S/C23H29FN8OS3/c1-21-7-4-8-22(2,12-21)18(24)15(10-21)31(3)17-11-25-20(27-26-17)14-6-5-13(9-16(14)33)19-28-30-32(29-19)23(34,35)36/h5-6,9,11,15,18,33-36H,4,7-8,10,12H2,1-3H3/t15-,18-,21-,22-/m1/s1. The van der Waals surface area contributed by atoms with E-state index in [0.717, 1.165) is 36.9 Å². The Morgan fingerprint density at radius 1 is 1.14 bits per heavy atom. The number of hydrogen-bond acceptors (Lipinski definition) is 11. The first kappa shape index (κ1) is 25.5. The van der Waals surface area contributed by atoms with Crippen molar-refractivity contribution >= 4 is 43.7 Å². The first-order valence-corrected chi connectivity index (χ1v) is 13.1. The minimum absolute atomic E-state index is 0.0644. The molecule has 2 heterocycles. The number of thiol groups is 3. The fourth-order valence-corrected chi connectivity index (χ4v) is 6.18. The maximum Gasteiger partial charge on any atom is 0.213 e. The number of alkyl halides is 1. The van der Waals surface area contributed by atoms with E-state index >= 15 is 4.39 Å². The summed E-state index contributed by atoms with van der Waals surface area (Å²) in [7, 11) is 1.86. The number of phenols is 1. The Bertz CT molecular complexity index is 1270. The predicted molar refractivity (Wildman–Crippen MR) is 145 cm³/mol. The number of fused-ring (bicyclic) bond motifs is 2. The van der Waals surface area contributed by atoms with Gasteiger partial charge in [0.05, 0.1) is 17.8 Å². The molecule has 13 heteroatoms. The van der Waals surface area contributed by atoms with E-state index in [9.17, 15) is 5.11 Å². The van der Waals surface area contributed by atoms with Crippen molar-refractivity contribution < 1.29 is 9.50 Å². The summed E-state index contributed by atoms with van der Waals surface area (Å²) in [5.41, 5.74) is 0.754. The van der Waals surface area contributed by atoms with Crippen molar-refractivity contribution in [3.8, 4) is 28.5 Å². The van der Waals surface area contributed by atoms with Crippen LogP contribution < -0.4 is 4.90 Å². The van der Waals surface area contributed by atoms with Gasteiger partial charge in [0.1, 0.15) is 11.9 Å². The lowest BCUT2D eigenvalue weighted by Crippen LogP contribution is -2.57. The molecule has 0 spiro atoms. The van der Waals surface area contributed by atoms with Crippen LogP contribution in [0, 0.1) is 10.8 Å². The van der Waals surface area contributed by atoms with Crippen LogP contribution in [-0.4, -0.2) is 59.8 Å². The molecule has 0 unspecified atom stereocenters. The third-order valence-corrected chi connectivity index (χ3v) is 8.19. The molecular formula is C23H29FN8OS3. The molecule has 0 amide bonds. The summed E-state index contributed by atoms with van der Waals surface area (Å²) in [6, 6.07) is 4.58. The molecule has 2 aromatic heterocycles. The number of tetrazole rings is 1. The number of aromatic hydroxyl groups is 1. The van der Waals surface area contributed by atoms with Crippen LogP contribution in [0.4, 0.5) is 10.2 Å². The van der Waals surface area contributed by atoms with Crippen molar-refractivity contribution in [1.82, 2.24) is 35.4 Å². The van der Waals surface area contributed by atoms with Crippen molar-refractivity contribution in [2.24, 2.45) is 10.8 Å². The van der Waals surface area contributed by atoms with Crippen LogP contribution in [-0.2, 0) is 3.54 Å². The van der Waals surface area contributed by atoms with Crippen molar-refractivity contribution in [3.05, 3.63) is 24.4 Å². The van der Waals surface area contributed by atoms with E-state index in [4.69, 9.17) is 0 Å². The lowest BCUT2D eigenvalue weighted by molar-refractivity contribution is -0.0540. The Morgan fingerprint density at radius 3 is 2.56 bits per heavy atom.